The van der Waals surface area contributed by atoms with E-state index in [1.165, 1.54) is 0 Å². The molecular formula is C21H22BrN3O3S. The molecule has 6 nitrogen and oxygen atoms in total. The lowest BCUT2D eigenvalue weighted by atomic mass is 10.2. The SMILES string of the molecule is Cc1nn(-c2ccccc2)c(C)c1CNC(=O)CS(=O)(=O)Cc1cccc(Br)c1. The predicted molar refractivity (Wildman–Crippen MR) is 117 cm³/mol. The van der Waals surface area contributed by atoms with Crippen molar-refractivity contribution in [1.82, 2.24) is 15.1 Å². The highest BCUT2D eigenvalue weighted by Gasteiger charge is 2.19. The third-order valence-corrected chi connectivity index (χ3v) is 6.50. The fourth-order valence-corrected chi connectivity index (χ4v) is 4.86. The van der Waals surface area contributed by atoms with Crippen LogP contribution in [0.4, 0.5) is 0 Å². The van der Waals surface area contributed by atoms with Crippen LogP contribution in [0.3, 0.4) is 0 Å². The number of para-hydroxylation sites is 1. The van der Waals surface area contributed by atoms with Gasteiger partial charge in [0.2, 0.25) is 5.91 Å². The molecule has 3 rings (SSSR count). The number of carbonyl (C=O) groups is 1. The van der Waals surface area contributed by atoms with E-state index in [0.717, 1.165) is 27.1 Å². The maximum absolute atomic E-state index is 12.4. The molecule has 1 aromatic heterocycles. The average Bonchev–Trinajstić information content (AvgIpc) is 2.94. The smallest absolute Gasteiger partial charge is 0.235 e. The molecule has 0 bridgehead atoms. The van der Waals surface area contributed by atoms with Crippen molar-refractivity contribution >= 4 is 31.7 Å². The van der Waals surface area contributed by atoms with Gasteiger partial charge in [0.05, 0.1) is 17.1 Å². The fourth-order valence-electron chi connectivity index (χ4n) is 3.12. The molecule has 0 spiro atoms. The van der Waals surface area contributed by atoms with E-state index < -0.39 is 21.5 Å². The number of rotatable bonds is 7. The first-order chi connectivity index (χ1) is 13.7. The van der Waals surface area contributed by atoms with E-state index in [9.17, 15) is 13.2 Å². The zero-order chi connectivity index (χ0) is 21.0. The second-order valence-electron chi connectivity index (χ2n) is 6.84. The lowest BCUT2D eigenvalue weighted by Crippen LogP contribution is -2.30. The van der Waals surface area contributed by atoms with Crippen molar-refractivity contribution < 1.29 is 13.2 Å². The van der Waals surface area contributed by atoms with Crippen molar-refractivity contribution in [2.24, 2.45) is 0 Å². The first-order valence-corrected chi connectivity index (χ1v) is 11.7. The Morgan fingerprint density at radius 2 is 1.83 bits per heavy atom. The van der Waals surface area contributed by atoms with Gasteiger partial charge in [-0.1, -0.05) is 46.3 Å². The molecule has 0 aliphatic carbocycles. The minimum Gasteiger partial charge on any atom is -0.351 e. The van der Waals surface area contributed by atoms with Crippen LogP contribution in [0, 0.1) is 13.8 Å². The molecule has 1 N–H and O–H groups in total. The molecular weight excluding hydrogens is 454 g/mol. The first-order valence-electron chi connectivity index (χ1n) is 9.07. The van der Waals surface area contributed by atoms with Crippen LogP contribution in [0.2, 0.25) is 0 Å². The average molecular weight is 476 g/mol. The monoisotopic (exact) mass is 475 g/mol. The minimum atomic E-state index is -3.57. The number of nitrogens with one attached hydrogen (secondary N) is 1. The molecule has 0 fully saturated rings. The number of hydrogen-bond acceptors (Lipinski definition) is 4. The number of amides is 1. The standard InChI is InChI=1S/C21H22BrN3O3S/c1-15-20(16(2)25(24-15)19-9-4-3-5-10-19)12-23-21(26)14-29(27,28)13-17-7-6-8-18(22)11-17/h3-11H,12-14H2,1-2H3,(H,23,26). The second-order valence-corrected chi connectivity index (χ2v) is 9.82. The van der Waals surface area contributed by atoms with Gasteiger partial charge in [0, 0.05) is 22.3 Å². The van der Waals surface area contributed by atoms with Crippen LogP contribution < -0.4 is 5.32 Å². The van der Waals surface area contributed by atoms with Crippen molar-refractivity contribution in [2.45, 2.75) is 26.1 Å². The third-order valence-electron chi connectivity index (χ3n) is 4.53. The van der Waals surface area contributed by atoms with Gasteiger partial charge in [-0.25, -0.2) is 13.1 Å². The molecule has 0 saturated heterocycles. The zero-order valence-corrected chi connectivity index (χ0v) is 18.6. The Hall–Kier alpha value is -2.45. The fraction of sp³-hybridized carbons (Fsp3) is 0.238. The van der Waals surface area contributed by atoms with Gasteiger partial charge >= 0.3 is 0 Å². The van der Waals surface area contributed by atoms with E-state index >= 15 is 0 Å². The summed E-state index contributed by atoms with van der Waals surface area (Å²) in [6.45, 7) is 4.03. The number of hydrogen-bond donors (Lipinski definition) is 1. The largest absolute Gasteiger partial charge is 0.351 e. The third kappa shape index (κ3) is 5.55. The van der Waals surface area contributed by atoms with Gasteiger partial charge in [-0.15, -0.1) is 0 Å². The van der Waals surface area contributed by atoms with E-state index in [1.54, 1.807) is 18.2 Å². The summed E-state index contributed by atoms with van der Waals surface area (Å²) in [5.74, 6) is -1.25. The summed E-state index contributed by atoms with van der Waals surface area (Å²) in [6.07, 6.45) is 0. The highest BCUT2D eigenvalue weighted by atomic mass is 79.9. The maximum Gasteiger partial charge on any atom is 0.235 e. The van der Waals surface area contributed by atoms with Crippen LogP contribution in [-0.2, 0) is 26.9 Å². The summed E-state index contributed by atoms with van der Waals surface area (Å²) >= 11 is 3.32. The normalized spacial score (nSPS) is 11.4. The summed E-state index contributed by atoms with van der Waals surface area (Å²) < 4.78 is 27.3. The molecule has 1 amide bonds. The van der Waals surface area contributed by atoms with Crippen LogP contribution in [0.25, 0.3) is 5.69 Å². The summed E-state index contributed by atoms with van der Waals surface area (Å²) in [7, 11) is -3.57. The quantitative estimate of drug-likeness (QED) is 0.566. The van der Waals surface area contributed by atoms with Crippen molar-refractivity contribution in [3.63, 3.8) is 0 Å². The lowest BCUT2D eigenvalue weighted by molar-refractivity contribution is -0.118. The number of aryl methyl sites for hydroxylation is 1. The number of benzene rings is 2. The Kier molecular flexibility index (Phi) is 6.54. The van der Waals surface area contributed by atoms with Gasteiger partial charge in [0.15, 0.2) is 9.84 Å². The molecule has 152 valence electrons. The second kappa shape index (κ2) is 8.92. The van der Waals surface area contributed by atoms with Crippen molar-refractivity contribution in [1.29, 1.82) is 0 Å². The van der Waals surface area contributed by atoms with Crippen LogP contribution in [0.5, 0.6) is 0 Å². The summed E-state index contributed by atoms with van der Waals surface area (Å²) in [6, 6.07) is 16.8. The predicted octanol–water partition coefficient (Wildman–Crippen LogP) is 3.48. The molecule has 8 heteroatoms. The highest BCUT2D eigenvalue weighted by Crippen LogP contribution is 2.18. The number of halogens is 1. The molecule has 2 aromatic carbocycles. The molecule has 3 aromatic rings. The maximum atomic E-state index is 12.4. The van der Waals surface area contributed by atoms with Gasteiger partial charge in [0.25, 0.3) is 0 Å². The van der Waals surface area contributed by atoms with Gasteiger partial charge in [0.1, 0.15) is 5.75 Å². The molecule has 0 radical (unpaired) electrons. The van der Waals surface area contributed by atoms with Crippen molar-refractivity contribution in [2.75, 3.05) is 5.75 Å². The van der Waals surface area contributed by atoms with Crippen LogP contribution in [-0.4, -0.2) is 29.9 Å². The molecule has 0 aliphatic heterocycles. The number of nitrogens with zero attached hydrogens (tertiary/aromatic N) is 2. The van der Waals surface area contributed by atoms with Crippen molar-refractivity contribution in [3.05, 3.63) is 81.6 Å². The Morgan fingerprint density at radius 3 is 2.52 bits per heavy atom. The Labute approximate surface area is 179 Å². The van der Waals surface area contributed by atoms with Gasteiger partial charge in [-0.3, -0.25) is 4.79 Å². The van der Waals surface area contributed by atoms with Crippen LogP contribution in [0.15, 0.2) is 59.1 Å². The molecule has 0 saturated carbocycles. The first kappa shape index (κ1) is 21.3. The van der Waals surface area contributed by atoms with Gasteiger partial charge < -0.3 is 5.32 Å². The molecule has 0 atom stereocenters. The number of carbonyl (C=O) groups excluding carboxylic acids is 1. The van der Waals surface area contributed by atoms with E-state index in [1.807, 2.05) is 54.9 Å². The Balaban J connectivity index is 1.64. The Morgan fingerprint density at radius 1 is 1.10 bits per heavy atom. The van der Waals surface area contributed by atoms with Crippen molar-refractivity contribution in [3.8, 4) is 5.69 Å². The van der Waals surface area contributed by atoms with E-state index in [4.69, 9.17) is 0 Å². The zero-order valence-electron chi connectivity index (χ0n) is 16.2. The summed E-state index contributed by atoms with van der Waals surface area (Å²) in [5.41, 5.74) is 4.16. The topological polar surface area (TPSA) is 81.1 Å². The molecule has 0 aliphatic rings. The summed E-state index contributed by atoms with van der Waals surface area (Å²) in [4.78, 5) is 12.3. The van der Waals surface area contributed by atoms with Crippen LogP contribution >= 0.6 is 15.9 Å². The minimum absolute atomic E-state index is 0.177. The molecule has 0 unspecified atom stereocenters. The Bertz CT molecular complexity index is 1130. The van der Waals surface area contributed by atoms with Gasteiger partial charge in [-0.2, -0.15) is 5.10 Å². The lowest BCUT2D eigenvalue weighted by Gasteiger charge is -2.08. The molecule has 29 heavy (non-hydrogen) atoms. The molecule has 1 heterocycles. The van der Waals surface area contributed by atoms with Crippen LogP contribution in [0.1, 0.15) is 22.5 Å². The van der Waals surface area contributed by atoms with E-state index in [0.29, 0.717) is 5.56 Å². The van der Waals surface area contributed by atoms with E-state index in [-0.39, 0.29) is 12.3 Å². The number of aromatic nitrogens is 2. The number of sulfone groups is 1. The highest BCUT2D eigenvalue weighted by molar-refractivity contribution is 9.10. The summed E-state index contributed by atoms with van der Waals surface area (Å²) in [5, 5.41) is 7.26. The van der Waals surface area contributed by atoms with E-state index in [2.05, 4.69) is 26.3 Å². The van der Waals surface area contributed by atoms with Gasteiger partial charge in [-0.05, 0) is 43.7 Å².